The monoisotopic (exact) mass is 466 g/mol. The van der Waals surface area contributed by atoms with E-state index in [9.17, 15) is 18.4 Å². The van der Waals surface area contributed by atoms with Gasteiger partial charge in [-0.15, -0.1) is 0 Å². The van der Waals surface area contributed by atoms with Gasteiger partial charge in [0.05, 0.1) is 24.8 Å². The lowest BCUT2D eigenvalue weighted by molar-refractivity contribution is -0.0889. The van der Waals surface area contributed by atoms with E-state index < -0.39 is 36.1 Å². The van der Waals surface area contributed by atoms with E-state index in [1.54, 1.807) is 45.9 Å². The van der Waals surface area contributed by atoms with Gasteiger partial charge >= 0.3 is 6.09 Å². The molecule has 2 heterocycles. The molecule has 1 aliphatic rings. The van der Waals surface area contributed by atoms with Crippen molar-refractivity contribution in [1.29, 1.82) is 0 Å². The number of alkyl halides is 2. The summed E-state index contributed by atoms with van der Waals surface area (Å²) in [6, 6.07) is 3.71. The lowest BCUT2D eigenvalue weighted by Crippen LogP contribution is -2.59. The zero-order valence-electron chi connectivity index (χ0n) is 20.0. The average molecular weight is 467 g/mol. The Kier molecular flexibility index (Phi) is 6.91. The van der Waals surface area contributed by atoms with E-state index in [4.69, 9.17) is 13.9 Å². The van der Waals surface area contributed by atoms with E-state index in [-0.39, 0.29) is 18.5 Å². The molecular formula is C24H32F2N2O5. The van der Waals surface area contributed by atoms with Crippen LogP contribution < -0.4 is 10.1 Å². The number of hydrogen-bond acceptors (Lipinski definition) is 5. The Hall–Kier alpha value is -2.84. The van der Waals surface area contributed by atoms with Gasteiger partial charge in [0.25, 0.3) is 11.8 Å². The van der Waals surface area contributed by atoms with E-state index in [1.165, 1.54) is 0 Å². The maximum absolute atomic E-state index is 14.9. The molecule has 1 saturated heterocycles. The zero-order chi connectivity index (χ0) is 24.6. The number of halogens is 2. The van der Waals surface area contributed by atoms with Crippen molar-refractivity contribution in [3.05, 3.63) is 29.5 Å². The van der Waals surface area contributed by atoms with E-state index in [0.717, 1.165) is 4.90 Å². The molecule has 0 saturated carbocycles. The van der Waals surface area contributed by atoms with Crippen molar-refractivity contribution in [2.75, 3.05) is 19.7 Å². The quantitative estimate of drug-likeness (QED) is 0.659. The van der Waals surface area contributed by atoms with Crippen molar-refractivity contribution < 1.29 is 32.3 Å². The third kappa shape index (κ3) is 5.94. The summed E-state index contributed by atoms with van der Waals surface area (Å²) in [6.45, 7) is 10.4. The highest BCUT2D eigenvalue weighted by atomic mass is 19.3. The second-order valence-corrected chi connectivity index (χ2v) is 9.87. The van der Waals surface area contributed by atoms with E-state index in [2.05, 4.69) is 5.32 Å². The smallest absolute Gasteiger partial charge is 0.410 e. The van der Waals surface area contributed by atoms with E-state index in [1.807, 2.05) is 13.8 Å². The van der Waals surface area contributed by atoms with Crippen LogP contribution in [0.25, 0.3) is 11.0 Å². The fourth-order valence-electron chi connectivity index (χ4n) is 3.66. The van der Waals surface area contributed by atoms with Crippen LogP contribution in [0, 0.1) is 12.8 Å². The minimum Gasteiger partial charge on any atom is -0.493 e. The normalized spacial score (nSPS) is 18.5. The molecule has 1 N–H and O–H groups in total. The van der Waals surface area contributed by atoms with Crippen LogP contribution >= 0.6 is 0 Å². The minimum atomic E-state index is -3.32. The highest BCUT2D eigenvalue weighted by Gasteiger charge is 2.47. The molecule has 33 heavy (non-hydrogen) atoms. The lowest BCUT2D eigenvalue weighted by Gasteiger charge is -2.38. The van der Waals surface area contributed by atoms with Gasteiger partial charge in [0.15, 0.2) is 0 Å². The Morgan fingerprint density at radius 2 is 2.00 bits per heavy atom. The number of nitrogens with zero attached hydrogens (tertiary/aromatic N) is 1. The molecule has 0 aliphatic carbocycles. The Bertz CT molecular complexity index is 1030. The fourth-order valence-corrected chi connectivity index (χ4v) is 3.66. The number of fused-ring (bicyclic) bond motifs is 1. The van der Waals surface area contributed by atoms with E-state index in [0.29, 0.717) is 35.0 Å². The summed E-state index contributed by atoms with van der Waals surface area (Å²) in [5, 5.41) is 2.95. The maximum Gasteiger partial charge on any atom is 0.410 e. The number of rotatable bonds is 5. The predicted molar refractivity (Wildman–Crippen MR) is 120 cm³/mol. The predicted octanol–water partition coefficient (Wildman–Crippen LogP) is 5.15. The van der Waals surface area contributed by atoms with Crippen LogP contribution in [0.2, 0.25) is 0 Å². The Morgan fingerprint density at radius 3 is 2.61 bits per heavy atom. The molecule has 0 spiro atoms. The third-order valence-corrected chi connectivity index (χ3v) is 5.20. The molecule has 2 aromatic rings. The zero-order valence-corrected chi connectivity index (χ0v) is 20.0. The number of aryl methyl sites for hydroxylation is 1. The summed E-state index contributed by atoms with van der Waals surface area (Å²) in [6.07, 6.45) is -0.896. The van der Waals surface area contributed by atoms with Crippen molar-refractivity contribution in [3.8, 4) is 5.75 Å². The van der Waals surface area contributed by atoms with Gasteiger partial charge in [-0.2, -0.15) is 0 Å². The molecule has 7 nitrogen and oxygen atoms in total. The summed E-state index contributed by atoms with van der Waals surface area (Å²) >= 11 is 0. The van der Waals surface area contributed by atoms with Crippen LogP contribution in [0.15, 0.2) is 22.6 Å². The first-order valence-corrected chi connectivity index (χ1v) is 11.1. The average Bonchev–Trinajstić information content (AvgIpc) is 3.01. The number of nitrogens with one attached hydrogen (secondary N) is 1. The molecule has 2 amide bonds. The summed E-state index contributed by atoms with van der Waals surface area (Å²) < 4.78 is 46.3. The minimum absolute atomic E-state index is 0.0494. The van der Waals surface area contributed by atoms with Gasteiger partial charge in [0.1, 0.15) is 22.7 Å². The van der Waals surface area contributed by atoms with Crippen molar-refractivity contribution in [2.24, 2.45) is 5.92 Å². The fraction of sp³-hybridized carbons (Fsp3) is 0.583. The number of furan rings is 1. The Balaban J connectivity index is 1.75. The molecule has 182 valence electrons. The van der Waals surface area contributed by atoms with Crippen LogP contribution in [0.1, 0.15) is 57.2 Å². The molecule has 9 heteroatoms. The number of ether oxygens (including phenoxy) is 2. The highest BCUT2D eigenvalue weighted by molar-refractivity contribution is 6.07. The molecular weight excluding hydrogens is 434 g/mol. The molecule has 1 fully saturated rings. The number of carbonyl (C=O) groups excluding carboxylic acids is 2. The van der Waals surface area contributed by atoms with Crippen molar-refractivity contribution in [3.63, 3.8) is 0 Å². The molecule has 1 aliphatic heterocycles. The van der Waals surface area contributed by atoms with Gasteiger partial charge in [0, 0.05) is 11.9 Å². The van der Waals surface area contributed by atoms with Gasteiger partial charge in [-0.1, -0.05) is 13.8 Å². The highest BCUT2D eigenvalue weighted by Crippen LogP contribution is 2.32. The van der Waals surface area contributed by atoms with Crippen molar-refractivity contribution in [2.45, 2.75) is 65.5 Å². The number of carbonyl (C=O) groups is 2. The van der Waals surface area contributed by atoms with Crippen LogP contribution in [0.5, 0.6) is 5.75 Å². The van der Waals surface area contributed by atoms with Gasteiger partial charge in [-0.05, 0) is 58.2 Å². The van der Waals surface area contributed by atoms with Crippen molar-refractivity contribution >= 4 is 23.0 Å². The van der Waals surface area contributed by atoms with Crippen LogP contribution in [-0.2, 0) is 4.74 Å². The first-order valence-electron chi connectivity index (χ1n) is 11.1. The third-order valence-electron chi connectivity index (χ3n) is 5.20. The molecule has 1 aromatic heterocycles. The van der Waals surface area contributed by atoms with Gasteiger partial charge in [-0.3, -0.25) is 4.79 Å². The second kappa shape index (κ2) is 9.19. The van der Waals surface area contributed by atoms with E-state index >= 15 is 0 Å². The molecule has 1 atom stereocenters. The number of hydrogen-bond donors (Lipinski definition) is 1. The number of likely N-dealkylation sites (tertiary alicyclic amines) is 1. The summed E-state index contributed by atoms with van der Waals surface area (Å²) in [7, 11) is 0. The second-order valence-electron chi connectivity index (χ2n) is 9.87. The number of benzene rings is 1. The van der Waals surface area contributed by atoms with Gasteiger partial charge in [-0.25, -0.2) is 13.6 Å². The number of amides is 2. The Morgan fingerprint density at radius 1 is 1.30 bits per heavy atom. The van der Waals surface area contributed by atoms with Gasteiger partial charge < -0.3 is 24.1 Å². The van der Waals surface area contributed by atoms with Crippen LogP contribution in [0.4, 0.5) is 13.6 Å². The Labute approximate surface area is 192 Å². The first kappa shape index (κ1) is 24.8. The molecule has 0 radical (unpaired) electrons. The lowest BCUT2D eigenvalue weighted by atomic mass is 10.00. The summed E-state index contributed by atoms with van der Waals surface area (Å²) in [4.78, 5) is 26.2. The van der Waals surface area contributed by atoms with Crippen LogP contribution in [-0.4, -0.2) is 54.2 Å². The van der Waals surface area contributed by atoms with Crippen LogP contribution in [0.3, 0.4) is 0 Å². The summed E-state index contributed by atoms with van der Waals surface area (Å²) in [5.41, 5.74) is -0.110. The molecule has 3 rings (SSSR count). The molecule has 1 aromatic carbocycles. The van der Waals surface area contributed by atoms with Gasteiger partial charge in [0.2, 0.25) is 0 Å². The summed E-state index contributed by atoms with van der Waals surface area (Å²) in [5.74, 6) is -2.74. The SMILES string of the molecule is Cc1oc2ccc(OCC(C)C)cc2c1C(=O)N[C@H]1CCN(C(=O)OC(C)(C)C)CC1(F)F. The first-order chi connectivity index (χ1) is 15.3. The molecule has 0 unspecified atom stereocenters. The largest absolute Gasteiger partial charge is 0.493 e. The molecule has 0 bridgehead atoms. The standard InChI is InChI=1S/C24H32F2N2O5/c1-14(2)12-31-16-7-8-18-17(11-16)20(15(3)32-18)21(29)27-19-9-10-28(13-24(19,25)26)22(30)33-23(4,5)6/h7-8,11,14,19H,9-10,12-13H2,1-6H3,(H,27,29)/t19-/m0/s1. The topological polar surface area (TPSA) is 81.0 Å². The van der Waals surface area contributed by atoms with Crippen molar-refractivity contribution in [1.82, 2.24) is 10.2 Å². The maximum atomic E-state index is 14.9. The number of piperidine rings is 1.